The Bertz CT molecular complexity index is 1290. The van der Waals surface area contributed by atoms with Crippen LogP contribution in [0.1, 0.15) is 42.0 Å². The third-order valence-electron chi connectivity index (χ3n) is 6.70. The van der Waals surface area contributed by atoms with E-state index in [9.17, 15) is 8.42 Å². The van der Waals surface area contributed by atoms with Gasteiger partial charge in [-0.05, 0) is 42.8 Å². The maximum atomic E-state index is 13.5. The number of rotatable bonds is 4. The number of benzene rings is 1. The molecule has 1 N–H and O–H groups in total. The van der Waals surface area contributed by atoms with Crippen LogP contribution in [-0.2, 0) is 22.3 Å². The lowest BCUT2D eigenvalue weighted by Gasteiger charge is -2.49. The van der Waals surface area contributed by atoms with E-state index >= 15 is 0 Å². The van der Waals surface area contributed by atoms with Crippen LogP contribution in [0.25, 0.3) is 5.00 Å². The van der Waals surface area contributed by atoms with E-state index in [1.807, 2.05) is 36.6 Å². The second kappa shape index (κ2) is 8.44. The topological polar surface area (TPSA) is 83.4 Å². The molecule has 0 radical (unpaired) electrons. The van der Waals surface area contributed by atoms with Crippen LogP contribution in [0.3, 0.4) is 0 Å². The van der Waals surface area contributed by atoms with Gasteiger partial charge < -0.3 is 0 Å². The monoisotopic (exact) mass is 506 g/mol. The minimum Gasteiger partial charge on any atom is -0.295 e. The summed E-state index contributed by atoms with van der Waals surface area (Å²) in [7, 11) is -0.490. The number of aromatic nitrogens is 3. The Morgan fingerprint density at radius 2 is 1.97 bits per heavy atom. The molecule has 33 heavy (non-hydrogen) atoms. The minimum absolute atomic E-state index is 0.371. The largest absolute Gasteiger partial charge is 0.295 e. The van der Waals surface area contributed by atoms with Gasteiger partial charge in [0, 0.05) is 31.2 Å². The summed E-state index contributed by atoms with van der Waals surface area (Å²) in [5.74, 6) is 1.59. The van der Waals surface area contributed by atoms with Crippen LogP contribution < -0.4 is 5.32 Å². The zero-order valence-corrected chi connectivity index (χ0v) is 21.2. The molecular weight excluding hydrogens is 480 g/mol. The normalized spacial score (nSPS) is 23.8. The standard InChI is InChI=1S/C22H27ClN6O2S2/c1-15-25-26-20-14-24-22(16-8-4-5-9-18(16)23,17-11-13-32-21(17)29(15)20)19-10-6-7-12-28(19)33(30,31)27(2)3/h4-5,8-9,11,13,19,24H,6-7,10,12,14H2,1-3H3. The van der Waals surface area contributed by atoms with Crippen molar-refractivity contribution < 1.29 is 8.42 Å². The zero-order chi connectivity index (χ0) is 23.4. The van der Waals surface area contributed by atoms with Crippen molar-refractivity contribution >= 4 is 33.1 Å². The summed E-state index contributed by atoms with van der Waals surface area (Å²) in [6.45, 7) is 2.83. The first-order valence-corrected chi connectivity index (χ1v) is 13.6. The molecule has 1 fully saturated rings. The van der Waals surface area contributed by atoms with Crippen LogP contribution in [0.15, 0.2) is 35.7 Å². The van der Waals surface area contributed by atoms with Crippen molar-refractivity contribution in [3.8, 4) is 5.00 Å². The number of hydrogen-bond acceptors (Lipinski definition) is 6. The molecule has 3 aromatic rings. The van der Waals surface area contributed by atoms with Gasteiger partial charge in [-0.1, -0.05) is 36.2 Å². The molecule has 0 amide bonds. The third kappa shape index (κ3) is 3.46. The van der Waals surface area contributed by atoms with Crippen molar-refractivity contribution in [2.45, 2.75) is 44.3 Å². The average molecular weight is 507 g/mol. The molecule has 176 valence electrons. The zero-order valence-electron chi connectivity index (χ0n) is 18.8. The lowest BCUT2D eigenvalue weighted by Crippen LogP contribution is -2.62. The Kier molecular flexibility index (Phi) is 5.87. The highest BCUT2D eigenvalue weighted by atomic mass is 35.5. The molecule has 1 saturated heterocycles. The number of hydrogen-bond donors (Lipinski definition) is 1. The van der Waals surface area contributed by atoms with E-state index in [1.165, 1.54) is 4.31 Å². The molecule has 4 heterocycles. The van der Waals surface area contributed by atoms with Gasteiger partial charge in [0.1, 0.15) is 10.8 Å². The number of aryl methyl sites for hydroxylation is 1. The number of thiophene rings is 1. The van der Waals surface area contributed by atoms with Crippen molar-refractivity contribution in [2.24, 2.45) is 0 Å². The number of nitrogens with zero attached hydrogens (tertiary/aromatic N) is 5. The molecule has 2 aliphatic heterocycles. The molecule has 0 bridgehead atoms. The van der Waals surface area contributed by atoms with Gasteiger partial charge in [0.25, 0.3) is 10.2 Å². The maximum absolute atomic E-state index is 13.5. The summed E-state index contributed by atoms with van der Waals surface area (Å²) in [5.41, 5.74) is 1.01. The van der Waals surface area contributed by atoms with Crippen LogP contribution in [0.4, 0.5) is 0 Å². The Morgan fingerprint density at radius 3 is 2.73 bits per heavy atom. The molecule has 2 aliphatic rings. The molecule has 1 aromatic carbocycles. The van der Waals surface area contributed by atoms with Crippen LogP contribution in [0, 0.1) is 6.92 Å². The fourth-order valence-electron chi connectivity index (χ4n) is 5.19. The molecule has 5 rings (SSSR count). The molecular formula is C22H27ClN6O2S2. The summed E-state index contributed by atoms with van der Waals surface area (Å²) in [6, 6.07) is 9.45. The lowest BCUT2D eigenvalue weighted by molar-refractivity contribution is 0.145. The van der Waals surface area contributed by atoms with E-state index in [2.05, 4.69) is 26.1 Å². The predicted molar refractivity (Wildman–Crippen MR) is 130 cm³/mol. The number of fused-ring (bicyclic) bond motifs is 3. The summed E-state index contributed by atoms with van der Waals surface area (Å²) < 4.78 is 32.1. The van der Waals surface area contributed by atoms with Gasteiger partial charge in [0.05, 0.1) is 18.1 Å². The highest BCUT2D eigenvalue weighted by molar-refractivity contribution is 7.86. The molecule has 0 spiro atoms. The number of piperidine rings is 1. The van der Waals surface area contributed by atoms with Gasteiger partial charge in [0.15, 0.2) is 5.82 Å². The Balaban J connectivity index is 1.82. The van der Waals surface area contributed by atoms with Gasteiger partial charge in [0.2, 0.25) is 0 Å². The highest BCUT2D eigenvalue weighted by Gasteiger charge is 2.52. The van der Waals surface area contributed by atoms with Crippen molar-refractivity contribution in [3.05, 3.63) is 63.5 Å². The van der Waals surface area contributed by atoms with E-state index in [1.54, 1.807) is 29.7 Å². The van der Waals surface area contributed by atoms with Crippen molar-refractivity contribution in [2.75, 3.05) is 20.6 Å². The minimum atomic E-state index is -3.66. The first-order valence-electron chi connectivity index (χ1n) is 11.0. The summed E-state index contributed by atoms with van der Waals surface area (Å²) in [6.07, 6.45) is 2.46. The molecule has 2 unspecified atom stereocenters. The average Bonchev–Trinajstić information content (AvgIpc) is 3.39. The van der Waals surface area contributed by atoms with E-state index < -0.39 is 15.7 Å². The summed E-state index contributed by atoms with van der Waals surface area (Å²) in [5, 5.41) is 16.1. The molecule has 2 atom stereocenters. The van der Waals surface area contributed by atoms with Gasteiger partial charge >= 0.3 is 0 Å². The fraction of sp³-hybridized carbons (Fsp3) is 0.455. The SMILES string of the molecule is Cc1nnc2n1-c1sccc1C(c1ccccc1Cl)(C1CCCCN1S(=O)(=O)N(C)C)NC2. The van der Waals surface area contributed by atoms with Crippen LogP contribution >= 0.6 is 22.9 Å². The van der Waals surface area contributed by atoms with Gasteiger partial charge in [-0.25, -0.2) is 0 Å². The number of nitrogens with one attached hydrogen (secondary N) is 1. The van der Waals surface area contributed by atoms with Crippen LogP contribution in [0.5, 0.6) is 0 Å². The molecule has 8 nitrogen and oxygen atoms in total. The second-order valence-corrected chi connectivity index (χ2v) is 12.1. The highest BCUT2D eigenvalue weighted by Crippen LogP contribution is 2.48. The van der Waals surface area contributed by atoms with Crippen LogP contribution in [-0.4, -0.2) is 58.5 Å². The third-order valence-corrected chi connectivity index (χ3v) is 9.88. The van der Waals surface area contributed by atoms with Gasteiger partial charge in [-0.2, -0.15) is 17.0 Å². The Labute approximate surface area is 203 Å². The molecule has 0 aliphatic carbocycles. The molecule has 0 saturated carbocycles. The van der Waals surface area contributed by atoms with E-state index in [4.69, 9.17) is 11.6 Å². The summed E-state index contributed by atoms with van der Waals surface area (Å²) >= 11 is 8.45. The maximum Gasteiger partial charge on any atom is 0.281 e. The Morgan fingerprint density at radius 1 is 1.18 bits per heavy atom. The molecule has 2 aromatic heterocycles. The first-order chi connectivity index (χ1) is 15.8. The predicted octanol–water partition coefficient (Wildman–Crippen LogP) is 3.30. The Hall–Kier alpha value is -1.82. The van der Waals surface area contributed by atoms with E-state index in [0.29, 0.717) is 24.5 Å². The smallest absolute Gasteiger partial charge is 0.281 e. The van der Waals surface area contributed by atoms with E-state index in [0.717, 1.165) is 40.6 Å². The lowest BCUT2D eigenvalue weighted by atomic mass is 9.74. The molecule has 11 heteroatoms. The quantitative estimate of drug-likeness (QED) is 0.587. The van der Waals surface area contributed by atoms with Crippen LogP contribution in [0.2, 0.25) is 5.02 Å². The van der Waals surface area contributed by atoms with Crippen molar-refractivity contribution in [3.63, 3.8) is 0 Å². The van der Waals surface area contributed by atoms with Crippen molar-refractivity contribution in [1.29, 1.82) is 0 Å². The second-order valence-electron chi connectivity index (χ2n) is 8.69. The van der Waals surface area contributed by atoms with Gasteiger partial charge in [-0.3, -0.25) is 9.88 Å². The van der Waals surface area contributed by atoms with Gasteiger partial charge in [-0.15, -0.1) is 21.5 Å². The van der Waals surface area contributed by atoms with E-state index in [-0.39, 0.29) is 6.04 Å². The van der Waals surface area contributed by atoms with Crippen molar-refractivity contribution in [1.82, 2.24) is 28.7 Å². The number of halogens is 1. The summed E-state index contributed by atoms with van der Waals surface area (Å²) in [4.78, 5) is 0. The fourth-order valence-corrected chi connectivity index (χ4v) is 7.88. The first kappa shape index (κ1) is 22.9.